The van der Waals surface area contributed by atoms with E-state index in [1.54, 1.807) is 26.8 Å². The lowest BCUT2D eigenvalue weighted by Gasteiger charge is -2.19. The summed E-state index contributed by atoms with van der Waals surface area (Å²) in [6.07, 6.45) is 0.957. The molecule has 0 radical (unpaired) electrons. The lowest BCUT2D eigenvalue weighted by atomic mass is 10.2. The number of anilines is 1. The second-order valence-electron chi connectivity index (χ2n) is 5.14. The van der Waals surface area contributed by atoms with Gasteiger partial charge in [-0.25, -0.2) is 9.18 Å². The molecular formula is C13H14BrFN2O2. The molecule has 1 heterocycles. The second kappa shape index (κ2) is 4.85. The minimum atomic E-state index is -0.581. The molecule has 0 aliphatic rings. The van der Waals surface area contributed by atoms with Gasteiger partial charge in [0.1, 0.15) is 11.4 Å². The van der Waals surface area contributed by atoms with E-state index in [-0.39, 0.29) is 5.82 Å². The number of ether oxygens (including phenoxy) is 1. The molecule has 1 aromatic carbocycles. The van der Waals surface area contributed by atoms with E-state index in [1.165, 1.54) is 12.3 Å². The fourth-order valence-electron chi connectivity index (χ4n) is 1.67. The van der Waals surface area contributed by atoms with Crippen LogP contribution < -0.4 is 5.32 Å². The van der Waals surface area contributed by atoms with Gasteiger partial charge < -0.3 is 9.72 Å². The van der Waals surface area contributed by atoms with Gasteiger partial charge in [0.05, 0.1) is 11.2 Å². The van der Waals surface area contributed by atoms with Crippen LogP contribution in [0.1, 0.15) is 20.8 Å². The van der Waals surface area contributed by atoms with E-state index < -0.39 is 11.7 Å². The highest BCUT2D eigenvalue weighted by Crippen LogP contribution is 2.29. The highest BCUT2D eigenvalue weighted by molar-refractivity contribution is 9.10. The highest BCUT2D eigenvalue weighted by Gasteiger charge is 2.18. The Morgan fingerprint density at radius 1 is 1.42 bits per heavy atom. The first-order valence-electron chi connectivity index (χ1n) is 5.72. The van der Waals surface area contributed by atoms with Crippen molar-refractivity contribution in [1.29, 1.82) is 0 Å². The van der Waals surface area contributed by atoms with Crippen LogP contribution in [0, 0.1) is 5.82 Å². The Labute approximate surface area is 118 Å². The fraction of sp³-hybridized carbons (Fsp3) is 0.308. The van der Waals surface area contributed by atoms with Gasteiger partial charge in [-0.1, -0.05) is 15.9 Å². The second-order valence-corrected chi connectivity index (χ2v) is 6.06. The summed E-state index contributed by atoms with van der Waals surface area (Å²) in [7, 11) is 0. The first-order chi connectivity index (χ1) is 8.76. The van der Waals surface area contributed by atoms with Crippen LogP contribution in [0.2, 0.25) is 0 Å². The number of nitrogens with one attached hydrogen (secondary N) is 2. The summed E-state index contributed by atoms with van der Waals surface area (Å²) >= 11 is 3.22. The van der Waals surface area contributed by atoms with Gasteiger partial charge in [-0.3, -0.25) is 5.32 Å². The fourth-order valence-corrected chi connectivity index (χ4v) is 2.10. The maximum absolute atomic E-state index is 13.7. The summed E-state index contributed by atoms with van der Waals surface area (Å²) < 4.78 is 19.4. The van der Waals surface area contributed by atoms with Crippen molar-refractivity contribution in [2.75, 3.05) is 5.32 Å². The van der Waals surface area contributed by atoms with E-state index in [9.17, 15) is 9.18 Å². The molecule has 1 amide bonds. The molecule has 4 nitrogen and oxygen atoms in total. The molecule has 0 aliphatic carbocycles. The average molecular weight is 329 g/mol. The van der Waals surface area contributed by atoms with E-state index >= 15 is 0 Å². The van der Waals surface area contributed by atoms with Crippen LogP contribution in [0.15, 0.2) is 22.8 Å². The van der Waals surface area contributed by atoms with Crippen LogP contribution in [-0.4, -0.2) is 16.7 Å². The number of hydrogen-bond donors (Lipinski definition) is 2. The van der Waals surface area contributed by atoms with Crippen LogP contribution in [-0.2, 0) is 4.74 Å². The molecule has 1 aromatic heterocycles. The smallest absolute Gasteiger partial charge is 0.412 e. The van der Waals surface area contributed by atoms with Gasteiger partial charge in [0.25, 0.3) is 0 Å². The maximum Gasteiger partial charge on any atom is 0.412 e. The number of aromatic amines is 1. The summed E-state index contributed by atoms with van der Waals surface area (Å²) in [5.41, 5.74) is 0.237. The molecule has 0 atom stereocenters. The monoisotopic (exact) mass is 328 g/mol. The third-order valence-electron chi connectivity index (χ3n) is 2.34. The number of rotatable bonds is 1. The van der Waals surface area contributed by atoms with E-state index in [4.69, 9.17) is 4.74 Å². The molecule has 19 heavy (non-hydrogen) atoms. The number of hydrogen-bond acceptors (Lipinski definition) is 2. The standard InChI is InChI=1S/C13H14BrFN2O2/c1-13(2,3)19-12(18)17-10-6-16-11-8(10)4-7(14)5-9(11)15/h4-6,16H,1-3H3,(H,17,18). The van der Waals surface area contributed by atoms with Gasteiger partial charge in [-0.15, -0.1) is 0 Å². The van der Waals surface area contributed by atoms with E-state index in [1.807, 2.05) is 0 Å². The zero-order valence-corrected chi connectivity index (χ0v) is 12.4. The van der Waals surface area contributed by atoms with Crippen molar-refractivity contribution in [3.05, 3.63) is 28.6 Å². The summed E-state index contributed by atoms with van der Waals surface area (Å²) in [5.74, 6) is -0.387. The zero-order chi connectivity index (χ0) is 14.2. The number of amides is 1. The molecule has 0 spiro atoms. The molecule has 0 fully saturated rings. The molecule has 2 rings (SSSR count). The molecule has 102 valence electrons. The van der Waals surface area contributed by atoms with Crippen molar-refractivity contribution in [3.63, 3.8) is 0 Å². The number of carbonyl (C=O) groups is 1. The topological polar surface area (TPSA) is 54.1 Å². The van der Waals surface area contributed by atoms with Crippen LogP contribution in [0.5, 0.6) is 0 Å². The largest absolute Gasteiger partial charge is 0.444 e. The highest BCUT2D eigenvalue weighted by atomic mass is 79.9. The van der Waals surface area contributed by atoms with Crippen molar-refractivity contribution in [3.8, 4) is 0 Å². The lowest BCUT2D eigenvalue weighted by Crippen LogP contribution is -2.27. The zero-order valence-electron chi connectivity index (χ0n) is 10.8. The molecule has 0 saturated carbocycles. The van der Waals surface area contributed by atoms with E-state index in [0.717, 1.165) is 0 Å². The normalized spacial score (nSPS) is 11.6. The van der Waals surface area contributed by atoms with Crippen LogP contribution in [0.4, 0.5) is 14.9 Å². The molecule has 6 heteroatoms. The van der Waals surface area contributed by atoms with Crippen molar-refractivity contribution < 1.29 is 13.9 Å². The Morgan fingerprint density at radius 2 is 2.11 bits per heavy atom. The summed E-state index contributed by atoms with van der Waals surface area (Å²) in [6, 6.07) is 3.08. The predicted molar refractivity (Wildman–Crippen MR) is 75.8 cm³/mol. The minimum absolute atomic E-state index is 0.342. The van der Waals surface area contributed by atoms with Crippen molar-refractivity contribution in [2.24, 2.45) is 0 Å². The number of benzene rings is 1. The Hall–Kier alpha value is -1.56. The quantitative estimate of drug-likeness (QED) is 0.814. The lowest BCUT2D eigenvalue weighted by molar-refractivity contribution is 0.0636. The first-order valence-corrected chi connectivity index (χ1v) is 6.52. The van der Waals surface area contributed by atoms with E-state index in [0.29, 0.717) is 21.1 Å². The first kappa shape index (κ1) is 13.9. The molecular weight excluding hydrogens is 315 g/mol. The minimum Gasteiger partial charge on any atom is -0.444 e. The predicted octanol–water partition coefficient (Wildman–Crippen LogP) is 4.42. The third kappa shape index (κ3) is 3.26. The Bertz CT molecular complexity index is 631. The molecule has 0 saturated heterocycles. The number of halogens is 2. The molecule has 0 aliphatic heterocycles. The van der Waals surface area contributed by atoms with E-state index in [2.05, 4.69) is 26.2 Å². The number of aromatic nitrogens is 1. The van der Waals surface area contributed by atoms with Gasteiger partial charge >= 0.3 is 6.09 Å². The van der Waals surface area contributed by atoms with Gasteiger partial charge in [0.2, 0.25) is 0 Å². The SMILES string of the molecule is CC(C)(C)OC(=O)Nc1c[nH]c2c(F)cc(Br)cc12. The molecule has 0 unspecified atom stereocenters. The number of H-pyrrole nitrogens is 1. The molecule has 0 bridgehead atoms. The van der Waals surface area contributed by atoms with Gasteiger partial charge in [-0.2, -0.15) is 0 Å². The number of fused-ring (bicyclic) bond motifs is 1. The Balaban J connectivity index is 2.29. The average Bonchev–Trinajstić information content (AvgIpc) is 2.58. The summed E-state index contributed by atoms with van der Waals surface area (Å²) in [6.45, 7) is 5.33. The van der Waals surface area contributed by atoms with Gasteiger partial charge in [0.15, 0.2) is 0 Å². The number of carbonyl (C=O) groups excluding carboxylic acids is 1. The van der Waals surface area contributed by atoms with Crippen molar-refractivity contribution >= 4 is 38.6 Å². The van der Waals surface area contributed by atoms with Crippen LogP contribution in [0.25, 0.3) is 10.9 Å². The Morgan fingerprint density at radius 3 is 2.74 bits per heavy atom. The third-order valence-corrected chi connectivity index (χ3v) is 2.80. The summed E-state index contributed by atoms with van der Waals surface area (Å²) in [4.78, 5) is 14.5. The maximum atomic E-state index is 13.7. The van der Waals surface area contributed by atoms with Crippen LogP contribution in [0.3, 0.4) is 0 Å². The van der Waals surface area contributed by atoms with Gasteiger partial charge in [0, 0.05) is 16.1 Å². The van der Waals surface area contributed by atoms with Crippen LogP contribution >= 0.6 is 15.9 Å². The summed E-state index contributed by atoms with van der Waals surface area (Å²) in [5, 5.41) is 3.18. The Kier molecular flexibility index (Phi) is 3.54. The van der Waals surface area contributed by atoms with Gasteiger partial charge in [-0.05, 0) is 32.9 Å². The molecule has 2 aromatic rings. The van der Waals surface area contributed by atoms with Crippen molar-refractivity contribution in [1.82, 2.24) is 4.98 Å². The van der Waals surface area contributed by atoms with Crippen molar-refractivity contribution in [2.45, 2.75) is 26.4 Å². The molecule has 2 N–H and O–H groups in total.